The maximum absolute atomic E-state index is 10.1. The Hall–Kier alpha value is -0.140. The minimum atomic E-state index is -0.745. The smallest absolute Gasteiger partial charge is 0.143 e. The topological polar surface area (TPSA) is 61.7 Å². The zero-order valence-corrected chi connectivity index (χ0v) is 12.9. The van der Waals surface area contributed by atoms with Crippen molar-refractivity contribution in [2.75, 3.05) is 19.8 Å². The number of ether oxygens (including phenoxy) is 1. The van der Waals surface area contributed by atoms with Crippen LogP contribution in [0.2, 0.25) is 0 Å². The molecule has 1 heterocycles. The number of phenols is 1. The molecule has 1 unspecified atom stereocenters. The van der Waals surface area contributed by atoms with Crippen molar-refractivity contribution < 1.29 is 14.9 Å². The fourth-order valence-corrected chi connectivity index (χ4v) is 3.18. The second kappa shape index (κ2) is 5.88. The van der Waals surface area contributed by atoms with Crippen LogP contribution in [0.3, 0.4) is 0 Å². The van der Waals surface area contributed by atoms with Crippen LogP contribution in [0, 0.1) is 0 Å². The van der Waals surface area contributed by atoms with E-state index in [2.05, 4.69) is 37.2 Å². The number of nitrogens with one attached hydrogen (secondary N) is 1. The van der Waals surface area contributed by atoms with Crippen molar-refractivity contribution in [3.05, 3.63) is 26.6 Å². The van der Waals surface area contributed by atoms with Crippen molar-refractivity contribution in [2.45, 2.75) is 18.6 Å². The van der Waals surface area contributed by atoms with Gasteiger partial charge in [0.2, 0.25) is 0 Å². The second-order valence-corrected chi connectivity index (χ2v) is 6.25. The quantitative estimate of drug-likeness (QED) is 0.749. The molecule has 0 saturated carbocycles. The molecule has 0 amide bonds. The molecule has 1 aliphatic rings. The van der Waals surface area contributed by atoms with Crippen LogP contribution in [0.4, 0.5) is 0 Å². The van der Waals surface area contributed by atoms with Crippen molar-refractivity contribution in [1.82, 2.24) is 5.32 Å². The number of halogens is 2. The van der Waals surface area contributed by atoms with Crippen molar-refractivity contribution in [1.29, 1.82) is 0 Å². The minimum absolute atomic E-state index is 0.196. The van der Waals surface area contributed by atoms with Gasteiger partial charge in [-0.1, -0.05) is 0 Å². The van der Waals surface area contributed by atoms with Crippen LogP contribution >= 0.6 is 31.9 Å². The summed E-state index contributed by atoms with van der Waals surface area (Å²) in [6, 6.07) is 3.70. The van der Waals surface area contributed by atoms with Crippen molar-refractivity contribution in [3.63, 3.8) is 0 Å². The third kappa shape index (κ3) is 3.45. The SMILES string of the molecule is Oc1c(Br)cc(CNCC2(O)CCOC2)cc1Br. The average Bonchev–Trinajstić information content (AvgIpc) is 2.73. The summed E-state index contributed by atoms with van der Waals surface area (Å²) in [5.41, 5.74) is 0.278. The fraction of sp³-hybridized carbons (Fsp3) is 0.500. The van der Waals surface area contributed by atoms with Gasteiger partial charge in [-0.3, -0.25) is 0 Å². The molecule has 1 aliphatic heterocycles. The van der Waals surface area contributed by atoms with Gasteiger partial charge in [0, 0.05) is 26.1 Å². The van der Waals surface area contributed by atoms with Gasteiger partial charge in [-0.15, -0.1) is 0 Å². The first-order valence-corrected chi connectivity index (χ1v) is 7.26. The molecule has 0 bridgehead atoms. The molecule has 100 valence electrons. The molecule has 2 rings (SSSR count). The van der Waals surface area contributed by atoms with E-state index < -0.39 is 5.60 Å². The van der Waals surface area contributed by atoms with Gasteiger partial charge < -0.3 is 20.3 Å². The Bertz CT molecular complexity index is 410. The van der Waals surface area contributed by atoms with Gasteiger partial charge in [0.1, 0.15) is 11.4 Å². The van der Waals surface area contributed by atoms with Gasteiger partial charge in [0.25, 0.3) is 0 Å². The monoisotopic (exact) mass is 379 g/mol. The summed E-state index contributed by atoms with van der Waals surface area (Å²) >= 11 is 6.58. The highest BCUT2D eigenvalue weighted by Gasteiger charge is 2.31. The molecule has 1 fully saturated rings. The van der Waals surface area contributed by atoms with E-state index in [4.69, 9.17) is 4.74 Å². The van der Waals surface area contributed by atoms with E-state index in [0.717, 1.165) is 5.56 Å². The Kier molecular flexibility index (Phi) is 4.66. The third-order valence-corrected chi connectivity index (χ3v) is 4.15. The van der Waals surface area contributed by atoms with Crippen LogP contribution in [-0.2, 0) is 11.3 Å². The van der Waals surface area contributed by atoms with Crippen LogP contribution in [0.15, 0.2) is 21.1 Å². The highest BCUT2D eigenvalue weighted by atomic mass is 79.9. The molecule has 0 spiro atoms. The molecular formula is C12H15Br2NO3. The average molecular weight is 381 g/mol. The Balaban J connectivity index is 1.90. The summed E-state index contributed by atoms with van der Waals surface area (Å²) < 4.78 is 6.48. The van der Waals surface area contributed by atoms with E-state index in [-0.39, 0.29) is 5.75 Å². The number of hydrogen-bond donors (Lipinski definition) is 3. The van der Waals surface area contributed by atoms with Gasteiger partial charge in [0.15, 0.2) is 0 Å². The standard InChI is InChI=1S/C12H15Br2NO3/c13-9-3-8(4-10(14)11(9)16)5-15-6-12(17)1-2-18-7-12/h3-4,15-17H,1-2,5-7H2. The van der Waals surface area contributed by atoms with Crippen LogP contribution < -0.4 is 5.32 Å². The fourth-order valence-electron chi connectivity index (χ4n) is 1.90. The largest absolute Gasteiger partial charge is 0.506 e. The number of phenolic OH excluding ortho intramolecular Hbond substituents is 1. The maximum atomic E-state index is 10.1. The Morgan fingerprint density at radius 3 is 2.56 bits per heavy atom. The van der Waals surface area contributed by atoms with Gasteiger partial charge in [-0.25, -0.2) is 0 Å². The van der Waals surface area contributed by atoms with E-state index in [1.54, 1.807) is 0 Å². The summed E-state index contributed by atoms with van der Waals surface area (Å²) in [6.45, 7) is 2.14. The van der Waals surface area contributed by atoms with E-state index in [1.807, 2.05) is 12.1 Å². The zero-order chi connectivity index (χ0) is 13.2. The maximum Gasteiger partial charge on any atom is 0.143 e. The summed E-state index contributed by atoms with van der Waals surface area (Å²) in [6.07, 6.45) is 0.670. The molecular weight excluding hydrogens is 366 g/mol. The molecule has 4 nitrogen and oxygen atoms in total. The second-order valence-electron chi connectivity index (χ2n) is 4.54. The molecule has 1 aromatic rings. The normalized spacial score (nSPS) is 23.5. The molecule has 1 aromatic carbocycles. The molecule has 0 radical (unpaired) electrons. The van der Waals surface area contributed by atoms with Crippen LogP contribution in [-0.4, -0.2) is 35.6 Å². The van der Waals surface area contributed by atoms with E-state index >= 15 is 0 Å². The molecule has 18 heavy (non-hydrogen) atoms. The number of aromatic hydroxyl groups is 1. The molecule has 0 aromatic heterocycles. The van der Waals surface area contributed by atoms with Gasteiger partial charge >= 0.3 is 0 Å². The molecule has 6 heteroatoms. The van der Waals surface area contributed by atoms with Crippen LogP contribution in [0.25, 0.3) is 0 Å². The Morgan fingerprint density at radius 2 is 2.00 bits per heavy atom. The molecule has 1 atom stereocenters. The number of hydrogen-bond acceptors (Lipinski definition) is 4. The predicted octanol–water partition coefficient (Wildman–Crippen LogP) is 2.16. The van der Waals surface area contributed by atoms with Crippen LogP contribution in [0.1, 0.15) is 12.0 Å². The number of benzene rings is 1. The first-order chi connectivity index (χ1) is 8.50. The van der Waals surface area contributed by atoms with Gasteiger partial charge in [-0.2, -0.15) is 0 Å². The summed E-state index contributed by atoms with van der Waals surface area (Å²) in [4.78, 5) is 0. The van der Waals surface area contributed by atoms with Crippen molar-refractivity contribution in [2.24, 2.45) is 0 Å². The summed E-state index contributed by atoms with van der Waals surface area (Å²) in [5.74, 6) is 0.196. The molecule has 1 saturated heterocycles. The lowest BCUT2D eigenvalue weighted by Gasteiger charge is -2.20. The first kappa shape index (κ1) is 14.3. The van der Waals surface area contributed by atoms with Gasteiger partial charge in [0.05, 0.1) is 15.6 Å². The zero-order valence-electron chi connectivity index (χ0n) is 9.75. The Morgan fingerprint density at radius 1 is 1.33 bits per heavy atom. The lowest BCUT2D eigenvalue weighted by atomic mass is 10.0. The predicted molar refractivity (Wildman–Crippen MR) is 75.6 cm³/mol. The highest BCUT2D eigenvalue weighted by Crippen LogP contribution is 2.33. The first-order valence-electron chi connectivity index (χ1n) is 5.68. The van der Waals surface area contributed by atoms with E-state index in [1.165, 1.54) is 0 Å². The lowest BCUT2D eigenvalue weighted by Crippen LogP contribution is -2.40. The summed E-state index contributed by atoms with van der Waals surface area (Å²) in [5, 5.41) is 22.9. The van der Waals surface area contributed by atoms with Crippen LogP contribution in [0.5, 0.6) is 5.75 Å². The van der Waals surface area contributed by atoms with Gasteiger partial charge in [-0.05, 0) is 49.6 Å². The van der Waals surface area contributed by atoms with Crippen molar-refractivity contribution >= 4 is 31.9 Å². The third-order valence-electron chi connectivity index (χ3n) is 2.94. The minimum Gasteiger partial charge on any atom is -0.506 e. The highest BCUT2D eigenvalue weighted by molar-refractivity contribution is 9.11. The summed E-state index contributed by atoms with van der Waals surface area (Å²) in [7, 11) is 0. The number of rotatable bonds is 4. The Labute approximate surface area is 123 Å². The lowest BCUT2D eigenvalue weighted by molar-refractivity contribution is 0.0268. The van der Waals surface area contributed by atoms with E-state index in [9.17, 15) is 10.2 Å². The van der Waals surface area contributed by atoms with E-state index in [0.29, 0.717) is 41.7 Å². The number of aliphatic hydroxyl groups is 1. The van der Waals surface area contributed by atoms with Crippen molar-refractivity contribution in [3.8, 4) is 5.75 Å². The molecule has 3 N–H and O–H groups in total. The molecule has 0 aliphatic carbocycles.